The molecule has 0 bridgehead atoms. The number of nitrogens with zero attached hydrogens (tertiary/aromatic N) is 2. The zero-order chi connectivity index (χ0) is 17.1. The molecule has 0 unspecified atom stereocenters. The molecule has 2 heteroatoms. The lowest BCUT2D eigenvalue weighted by Gasteiger charge is -2.10. The van der Waals surface area contributed by atoms with E-state index in [2.05, 4.69) is 90.4 Å². The molecule has 0 saturated heterocycles. The molecule has 0 amide bonds. The predicted octanol–water partition coefficient (Wildman–Crippen LogP) is 5.57. The summed E-state index contributed by atoms with van der Waals surface area (Å²) in [4.78, 5) is 5.01. The Balaban J connectivity index is 1.87. The molecule has 4 rings (SSSR count). The van der Waals surface area contributed by atoms with Gasteiger partial charge in [0.2, 0.25) is 0 Å². The Bertz CT molecular complexity index is 955. The topological polar surface area (TPSA) is 17.8 Å². The average Bonchev–Trinajstić information content (AvgIpc) is 3.01. The van der Waals surface area contributed by atoms with Gasteiger partial charge in [-0.05, 0) is 12.5 Å². The van der Waals surface area contributed by atoms with Gasteiger partial charge in [-0.1, -0.05) is 91.0 Å². The number of imidazole rings is 1. The molecule has 3 aromatic carbocycles. The first-order valence-corrected chi connectivity index (χ1v) is 8.55. The fraction of sp³-hybridized carbons (Fsp3) is 0.0870. The van der Waals surface area contributed by atoms with Gasteiger partial charge in [0.25, 0.3) is 0 Å². The Labute approximate surface area is 148 Å². The second-order valence-corrected chi connectivity index (χ2v) is 6.17. The summed E-state index contributed by atoms with van der Waals surface area (Å²) in [5.74, 6) is 1.01. The SMILES string of the molecule is Cc1c(-c2ccccc2)nc(-c2ccccc2)n1Cc1ccccc1. The normalized spacial score (nSPS) is 10.8. The Hall–Kier alpha value is -3.13. The number of benzene rings is 3. The smallest absolute Gasteiger partial charge is 0.141 e. The fourth-order valence-electron chi connectivity index (χ4n) is 3.17. The van der Waals surface area contributed by atoms with Crippen molar-refractivity contribution in [2.45, 2.75) is 13.5 Å². The van der Waals surface area contributed by atoms with E-state index in [4.69, 9.17) is 4.98 Å². The van der Waals surface area contributed by atoms with Crippen LogP contribution in [0.3, 0.4) is 0 Å². The minimum absolute atomic E-state index is 0.816. The third-order valence-electron chi connectivity index (χ3n) is 4.48. The molecule has 1 heterocycles. The van der Waals surface area contributed by atoms with Crippen molar-refractivity contribution in [3.05, 3.63) is 102 Å². The van der Waals surface area contributed by atoms with E-state index in [1.54, 1.807) is 0 Å². The highest BCUT2D eigenvalue weighted by Crippen LogP contribution is 2.29. The van der Waals surface area contributed by atoms with E-state index < -0.39 is 0 Å². The van der Waals surface area contributed by atoms with Gasteiger partial charge in [0.15, 0.2) is 0 Å². The molecule has 2 nitrogen and oxygen atoms in total. The first-order valence-electron chi connectivity index (χ1n) is 8.55. The fourth-order valence-corrected chi connectivity index (χ4v) is 3.17. The second kappa shape index (κ2) is 6.78. The van der Waals surface area contributed by atoms with Crippen LogP contribution >= 0.6 is 0 Å². The molecule has 0 atom stereocenters. The summed E-state index contributed by atoms with van der Waals surface area (Å²) < 4.78 is 2.31. The lowest BCUT2D eigenvalue weighted by Crippen LogP contribution is -2.04. The Morgan fingerprint density at radius 2 is 1.20 bits per heavy atom. The Morgan fingerprint density at radius 3 is 1.80 bits per heavy atom. The Kier molecular flexibility index (Phi) is 4.17. The van der Waals surface area contributed by atoms with Crippen LogP contribution in [0, 0.1) is 6.92 Å². The molecule has 0 fully saturated rings. The van der Waals surface area contributed by atoms with Gasteiger partial charge < -0.3 is 4.57 Å². The third-order valence-corrected chi connectivity index (χ3v) is 4.48. The zero-order valence-corrected chi connectivity index (χ0v) is 14.3. The molecule has 0 aliphatic carbocycles. The molecule has 4 aromatic rings. The van der Waals surface area contributed by atoms with Gasteiger partial charge in [-0.3, -0.25) is 0 Å². The van der Waals surface area contributed by atoms with Crippen molar-refractivity contribution < 1.29 is 0 Å². The molecule has 0 radical (unpaired) electrons. The molecule has 1 aromatic heterocycles. The summed E-state index contributed by atoms with van der Waals surface area (Å²) in [7, 11) is 0. The van der Waals surface area contributed by atoms with E-state index in [1.807, 2.05) is 12.1 Å². The number of rotatable bonds is 4. The molecular formula is C23H20N2. The summed E-state index contributed by atoms with van der Waals surface area (Å²) >= 11 is 0. The third kappa shape index (κ3) is 3.11. The minimum Gasteiger partial charge on any atom is -0.323 e. The van der Waals surface area contributed by atoms with Crippen LogP contribution in [0.4, 0.5) is 0 Å². The van der Waals surface area contributed by atoms with E-state index in [1.165, 1.54) is 11.3 Å². The van der Waals surface area contributed by atoms with Crippen LogP contribution in [0.2, 0.25) is 0 Å². The highest BCUT2D eigenvalue weighted by atomic mass is 15.1. The van der Waals surface area contributed by atoms with Crippen LogP contribution in [0.1, 0.15) is 11.3 Å². The van der Waals surface area contributed by atoms with Crippen molar-refractivity contribution in [3.8, 4) is 22.6 Å². The van der Waals surface area contributed by atoms with Crippen LogP contribution in [0.25, 0.3) is 22.6 Å². The highest BCUT2D eigenvalue weighted by molar-refractivity contribution is 5.68. The largest absolute Gasteiger partial charge is 0.323 e. The van der Waals surface area contributed by atoms with Gasteiger partial charge in [0.05, 0.1) is 5.69 Å². The lowest BCUT2D eigenvalue weighted by molar-refractivity contribution is 0.780. The van der Waals surface area contributed by atoms with Crippen LogP contribution < -0.4 is 0 Å². The monoisotopic (exact) mass is 324 g/mol. The summed E-state index contributed by atoms with van der Waals surface area (Å²) in [6.07, 6.45) is 0. The maximum atomic E-state index is 5.01. The molecular weight excluding hydrogens is 304 g/mol. The summed E-state index contributed by atoms with van der Waals surface area (Å²) in [5, 5.41) is 0. The summed E-state index contributed by atoms with van der Waals surface area (Å²) in [6, 6.07) is 31.4. The summed E-state index contributed by atoms with van der Waals surface area (Å²) in [5.41, 5.74) is 5.82. The minimum atomic E-state index is 0.816. The number of hydrogen-bond acceptors (Lipinski definition) is 1. The highest BCUT2D eigenvalue weighted by Gasteiger charge is 2.16. The van der Waals surface area contributed by atoms with Gasteiger partial charge in [-0.15, -0.1) is 0 Å². The lowest BCUT2D eigenvalue weighted by atomic mass is 10.1. The Morgan fingerprint density at radius 1 is 0.680 bits per heavy atom. The maximum absolute atomic E-state index is 5.01. The van der Waals surface area contributed by atoms with Crippen LogP contribution in [-0.2, 0) is 6.54 Å². The number of aromatic nitrogens is 2. The average molecular weight is 324 g/mol. The molecule has 0 N–H and O–H groups in total. The van der Waals surface area contributed by atoms with Crippen molar-refractivity contribution in [1.29, 1.82) is 0 Å². The van der Waals surface area contributed by atoms with Crippen molar-refractivity contribution in [2.75, 3.05) is 0 Å². The first kappa shape index (κ1) is 15.4. The molecule has 25 heavy (non-hydrogen) atoms. The van der Waals surface area contributed by atoms with Crippen molar-refractivity contribution in [2.24, 2.45) is 0 Å². The van der Waals surface area contributed by atoms with E-state index in [-0.39, 0.29) is 0 Å². The van der Waals surface area contributed by atoms with Gasteiger partial charge in [-0.25, -0.2) is 4.98 Å². The molecule has 0 spiro atoms. The number of hydrogen-bond donors (Lipinski definition) is 0. The second-order valence-electron chi connectivity index (χ2n) is 6.17. The molecule has 122 valence electrons. The van der Waals surface area contributed by atoms with E-state index in [0.29, 0.717) is 0 Å². The standard InChI is InChI=1S/C23H20N2/c1-18-22(20-13-7-3-8-14-20)24-23(21-15-9-4-10-16-21)25(18)17-19-11-5-2-6-12-19/h2-16H,17H2,1H3. The van der Waals surface area contributed by atoms with Crippen molar-refractivity contribution >= 4 is 0 Å². The van der Waals surface area contributed by atoms with Gasteiger partial charge in [0.1, 0.15) is 5.82 Å². The first-order chi connectivity index (χ1) is 12.3. The van der Waals surface area contributed by atoms with E-state index in [0.717, 1.165) is 29.2 Å². The summed E-state index contributed by atoms with van der Waals surface area (Å²) in [6.45, 7) is 2.97. The van der Waals surface area contributed by atoms with Gasteiger partial charge >= 0.3 is 0 Å². The van der Waals surface area contributed by atoms with Crippen molar-refractivity contribution in [3.63, 3.8) is 0 Å². The van der Waals surface area contributed by atoms with Gasteiger partial charge in [-0.2, -0.15) is 0 Å². The van der Waals surface area contributed by atoms with Crippen LogP contribution in [0.5, 0.6) is 0 Å². The van der Waals surface area contributed by atoms with Crippen molar-refractivity contribution in [1.82, 2.24) is 9.55 Å². The van der Waals surface area contributed by atoms with Crippen LogP contribution in [-0.4, -0.2) is 9.55 Å². The maximum Gasteiger partial charge on any atom is 0.141 e. The van der Waals surface area contributed by atoms with Crippen LogP contribution in [0.15, 0.2) is 91.0 Å². The van der Waals surface area contributed by atoms with E-state index >= 15 is 0 Å². The molecule has 0 aliphatic heterocycles. The van der Waals surface area contributed by atoms with Gasteiger partial charge in [0, 0.05) is 23.4 Å². The predicted molar refractivity (Wildman–Crippen MR) is 103 cm³/mol. The quantitative estimate of drug-likeness (QED) is 0.479. The van der Waals surface area contributed by atoms with E-state index in [9.17, 15) is 0 Å². The zero-order valence-electron chi connectivity index (χ0n) is 14.3. The molecule has 0 saturated carbocycles. The molecule has 0 aliphatic rings.